The van der Waals surface area contributed by atoms with Crippen LogP contribution in [0.4, 0.5) is 10.1 Å². The van der Waals surface area contributed by atoms with Crippen LogP contribution in [0.25, 0.3) is 0 Å². The van der Waals surface area contributed by atoms with Crippen LogP contribution in [0.3, 0.4) is 0 Å². The summed E-state index contributed by atoms with van der Waals surface area (Å²) < 4.78 is 13.6. The van der Waals surface area contributed by atoms with E-state index in [9.17, 15) is 14.0 Å². The van der Waals surface area contributed by atoms with Crippen molar-refractivity contribution < 1.29 is 14.0 Å². The molecule has 2 saturated carbocycles. The number of carbonyl (C=O) groups excluding carboxylic acids is 2. The van der Waals surface area contributed by atoms with Crippen LogP contribution in [-0.4, -0.2) is 29.4 Å². The highest BCUT2D eigenvalue weighted by Crippen LogP contribution is 2.38. The van der Waals surface area contributed by atoms with Gasteiger partial charge in [0.25, 0.3) is 0 Å². The van der Waals surface area contributed by atoms with Gasteiger partial charge in [-0.3, -0.25) is 14.6 Å². The molecule has 35 heavy (non-hydrogen) atoms. The van der Waals surface area contributed by atoms with Crippen molar-refractivity contribution in [2.75, 3.05) is 11.9 Å². The molecule has 1 unspecified atom stereocenters. The molecule has 1 atom stereocenters. The topological polar surface area (TPSA) is 97.1 Å². The monoisotopic (exact) mass is 480 g/mol. The fourth-order valence-corrected chi connectivity index (χ4v) is 5.78. The summed E-state index contributed by atoms with van der Waals surface area (Å²) in [6, 6.07) is 9.72. The number of halogens is 1. The summed E-state index contributed by atoms with van der Waals surface area (Å²) in [6.45, 7) is 0.523. The van der Waals surface area contributed by atoms with Gasteiger partial charge in [-0.1, -0.05) is 37.8 Å². The van der Waals surface area contributed by atoms with E-state index in [-0.39, 0.29) is 34.9 Å². The number of anilines is 1. The number of nitrogens with one attached hydrogen (secondary N) is 2. The second kappa shape index (κ2) is 11.8. The van der Waals surface area contributed by atoms with Crippen LogP contribution in [0, 0.1) is 17.7 Å². The number of nitrogens with zero attached hydrogens (tertiary/aromatic N) is 1. The molecule has 2 aliphatic rings. The predicted molar refractivity (Wildman–Crippen MR) is 135 cm³/mol. The second-order valence-corrected chi connectivity index (χ2v) is 10.3. The number of hydrogen-bond acceptors (Lipinski definition) is 4. The van der Waals surface area contributed by atoms with E-state index in [1.54, 1.807) is 24.5 Å². The van der Waals surface area contributed by atoms with Crippen molar-refractivity contribution in [3.8, 4) is 0 Å². The highest BCUT2D eigenvalue weighted by atomic mass is 19.1. The molecule has 4 rings (SSSR count). The average Bonchev–Trinajstić information content (AvgIpc) is 3.14. The zero-order valence-electron chi connectivity index (χ0n) is 20.3. The van der Waals surface area contributed by atoms with E-state index in [0.29, 0.717) is 6.54 Å². The van der Waals surface area contributed by atoms with E-state index in [0.717, 1.165) is 62.6 Å². The van der Waals surface area contributed by atoms with Crippen molar-refractivity contribution in [2.24, 2.45) is 17.6 Å². The molecule has 0 aliphatic heterocycles. The molecule has 2 aromatic rings. The maximum absolute atomic E-state index is 13.6. The smallest absolute Gasteiger partial charge is 0.237 e. The minimum atomic E-state index is -0.588. The lowest BCUT2D eigenvalue weighted by Crippen LogP contribution is -2.50. The van der Waals surface area contributed by atoms with E-state index >= 15 is 0 Å². The molecule has 1 heterocycles. The lowest BCUT2D eigenvalue weighted by Gasteiger charge is -2.35. The van der Waals surface area contributed by atoms with Gasteiger partial charge in [0, 0.05) is 36.0 Å². The van der Waals surface area contributed by atoms with Gasteiger partial charge in [0.1, 0.15) is 5.82 Å². The molecule has 2 fully saturated rings. The average molecular weight is 481 g/mol. The Hall–Kier alpha value is -2.80. The van der Waals surface area contributed by atoms with Crippen molar-refractivity contribution in [3.05, 3.63) is 60.2 Å². The summed E-state index contributed by atoms with van der Waals surface area (Å²) in [5, 5.41) is 6.11. The van der Waals surface area contributed by atoms with E-state index < -0.39 is 6.04 Å². The van der Waals surface area contributed by atoms with Gasteiger partial charge in [0.05, 0.1) is 6.04 Å². The van der Waals surface area contributed by atoms with E-state index in [2.05, 4.69) is 15.6 Å². The SMILES string of the molecule is NC(C(=O)NCC1(c2ccc(F)cc2)CCCCCC1)C1CCC(C(=O)Nc2ccncc2)CC1. The molecule has 7 heteroatoms. The van der Waals surface area contributed by atoms with E-state index in [4.69, 9.17) is 5.73 Å². The quantitative estimate of drug-likeness (QED) is 0.501. The number of rotatable bonds is 7. The Morgan fingerprint density at radius 1 is 0.971 bits per heavy atom. The Bertz CT molecular complexity index is 966. The normalized spacial score (nSPS) is 23.0. The van der Waals surface area contributed by atoms with Crippen LogP contribution < -0.4 is 16.4 Å². The van der Waals surface area contributed by atoms with Crippen molar-refractivity contribution in [2.45, 2.75) is 75.7 Å². The molecule has 1 aromatic carbocycles. The Balaban J connectivity index is 1.31. The van der Waals surface area contributed by atoms with Gasteiger partial charge in [-0.05, 0) is 74.3 Å². The molecule has 0 saturated heterocycles. The molecule has 2 amide bonds. The van der Waals surface area contributed by atoms with Crippen LogP contribution in [-0.2, 0) is 15.0 Å². The third-order valence-electron chi connectivity index (χ3n) is 8.02. The van der Waals surface area contributed by atoms with Crippen molar-refractivity contribution in [3.63, 3.8) is 0 Å². The molecule has 0 spiro atoms. The molecule has 188 valence electrons. The lowest BCUT2D eigenvalue weighted by molar-refractivity contribution is -0.124. The Morgan fingerprint density at radius 2 is 1.60 bits per heavy atom. The first-order chi connectivity index (χ1) is 17.0. The zero-order valence-corrected chi connectivity index (χ0v) is 20.3. The number of amides is 2. The molecular weight excluding hydrogens is 443 g/mol. The van der Waals surface area contributed by atoms with Crippen LogP contribution in [0.15, 0.2) is 48.8 Å². The van der Waals surface area contributed by atoms with Crippen molar-refractivity contribution in [1.29, 1.82) is 0 Å². The zero-order chi connectivity index (χ0) is 24.7. The summed E-state index contributed by atoms with van der Waals surface area (Å²) in [7, 11) is 0. The molecule has 4 N–H and O–H groups in total. The van der Waals surface area contributed by atoms with Gasteiger partial charge < -0.3 is 16.4 Å². The maximum atomic E-state index is 13.6. The summed E-state index contributed by atoms with van der Waals surface area (Å²) in [5.74, 6) is -0.352. The number of benzene rings is 1. The fraction of sp³-hybridized carbons (Fsp3) is 0.536. The molecule has 6 nitrogen and oxygen atoms in total. The second-order valence-electron chi connectivity index (χ2n) is 10.3. The first-order valence-corrected chi connectivity index (χ1v) is 13.0. The van der Waals surface area contributed by atoms with Crippen LogP contribution in [0.5, 0.6) is 0 Å². The minimum absolute atomic E-state index is 0.0160. The van der Waals surface area contributed by atoms with E-state index in [1.165, 1.54) is 25.0 Å². The number of hydrogen-bond donors (Lipinski definition) is 3. The number of aromatic nitrogens is 1. The third-order valence-corrected chi connectivity index (χ3v) is 8.02. The standard InChI is InChI=1S/C28H37FN4O2/c29-23-11-9-22(10-12-23)28(15-3-1-2-4-16-28)19-32-27(35)25(30)20-5-7-21(8-6-20)26(34)33-24-13-17-31-18-14-24/h9-14,17-18,20-21,25H,1-8,15-16,19,30H2,(H,32,35)(H,31,33,34). The van der Waals surface area contributed by atoms with Gasteiger partial charge in [-0.2, -0.15) is 0 Å². The maximum Gasteiger partial charge on any atom is 0.237 e. The molecule has 0 bridgehead atoms. The molecule has 2 aliphatic carbocycles. The Labute approximate surface area is 207 Å². The highest BCUT2D eigenvalue weighted by Gasteiger charge is 2.36. The lowest BCUT2D eigenvalue weighted by atomic mass is 9.74. The molecule has 0 radical (unpaired) electrons. The van der Waals surface area contributed by atoms with Crippen LogP contribution in [0.1, 0.15) is 69.8 Å². The summed E-state index contributed by atoms with van der Waals surface area (Å²) in [5.41, 5.74) is 8.08. The van der Waals surface area contributed by atoms with Gasteiger partial charge in [-0.15, -0.1) is 0 Å². The number of carbonyl (C=O) groups is 2. The third kappa shape index (κ3) is 6.45. The van der Waals surface area contributed by atoms with E-state index in [1.807, 2.05) is 12.1 Å². The molecular formula is C28H37FN4O2. The predicted octanol–water partition coefficient (Wildman–Crippen LogP) is 4.70. The van der Waals surface area contributed by atoms with Crippen molar-refractivity contribution >= 4 is 17.5 Å². The van der Waals surface area contributed by atoms with Crippen LogP contribution >= 0.6 is 0 Å². The first kappa shape index (κ1) is 25.3. The van der Waals surface area contributed by atoms with Gasteiger partial charge in [-0.25, -0.2) is 4.39 Å². The van der Waals surface area contributed by atoms with Gasteiger partial charge in [0.2, 0.25) is 11.8 Å². The summed E-state index contributed by atoms with van der Waals surface area (Å²) in [4.78, 5) is 29.7. The Kier molecular flexibility index (Phi) is 8.50. The highest BCUT2D eigenvalue weighted by molar-refractivity contribution is 5.92. The number of pyridine rings is 1. The van der Waals surface area contributed by atoms with Gasteiger partial charge in [0.15, 0.2) is 0 Å². The van der Waals surface area contributed by atoms with Crippen molar-refractivity contribution in [1.82, 2.24) is 10.3 Å². The first-order valence-electron chi connectivity index (χ1n) is 13.0. The molecule has 1 aromatic heterocycles. The Morgan fingerprint density at radius 3 is 2.23 bits per heavy atom. The van der Waals surface area contributed by atoms with Crippen LogP contribution in [0.2, 0.25) is 0 Å². The number of nitrogens with two attached hydrogens (primary N) is 1. The summed E-state index contributed by atoms with van der Waals surface area (Å²) in [6.07, 6.45) is 12.8. The summed E-state index contributed by atoms with van der Waals surface area (Å²) >= 11 is 0. The fourth-order valence-electron chi connectivity index (χ4n) is 5.78. The largest absolute Gasteiger partial charge is 0.354 e. The minimum Gasteiger partial charge on any atom is -0.354 e. The van der Waals surface area contributed by atoms with Gasteiger partial charge >= 0.3 is 0 Å².